The summed E-state index contributed by atoms with van der Waals surface area (Å²) in [5, 5.41) is 3.25. The maximum atomic E-state index is 5.25. The lowest BCUT2D eigenvalue weighted by atomic mass is 10.1. The number of nitrogens with zero attached hydrogens (tertiary/aromatic N) is 2. The third-order valence-electron chi connectivity index (χ3n) is 2.07. The van der Waals surface area contributed by atoms with Crippen LogP contribution < -0.4 is 5.32 Å². The van der Waals surface area contributed by atoms with Gasteiger partial charge in [0, 0.05) is 25.5 Å². The van der Waals surface area contributed by atoms with E-state index in [1.54, 1.807) is 12.3 Å². The Morgan fingerprint density at radius 2 is 2.31 bits per heavy atom. The molecule has 1 N–H and O–H groups in total. The molecular weight excluding hydrogens is 166 g/mol. The highest BCUT2D eigenvalue weighted by Crippen LogP contribution is 2.10. The maximum absolute atomic E-state index is 5.25. The number of aromatic nitrogens is 2. The fourth-order valence-electron chi connectivity index (χ4n) is 1.36. The van der Waals surface area contributed by atoms with Gasteiger partial charge in [-0.25, -0.2) is 9.97 Å². The monoisotopic (exact) mass is 178 g/mol. The Morgan fingerprint density at radius 1 is 1.46 bits per heavy atom. The molecule has 4 heteroatoms. The Labute approximate surface area is 77.4 Å². The Balaban J connectivity index is 1.90. The lowest BCUT2D eigenvalue weighted by Crippen LogP contribution is -2.28. The number of ether oxygens (including phenoxy) is 1. The summed E-state index contributed by atoms with van der Waals surface area (Å²) in [5.74, 6) is 0.661. The van der Waals surface area contributed by atoms with Crippen LogP contribution >= 0.6 is 0 Å². The Hall–Kier alpha value is -1.16. The number of nitrogens with one attached hydrogen (secondary N) is 1. The Kier molecular flexibility index (Phi) is 2.72. The summed E-state index contributed by atoms with van der Waals surface area (Å²) in [6.45, 7) is 1.66. The van der Waals surface area contributed by atoms with E-state index in [-0.39, 0.29) is 0 Å². The molecule has 1 aromatic rings. The molecule has 1 radical (unpaired) electrons. The minimum atomic E-state index is 0.449. The molecule has 1 aromatic heterocycles. The third kappa shape index (κ3) is 2.39. The van der Waals surface area contributed by atoms with Gasteiger partial charge in [-0.05, 0) is 18.9 Å². The highest BCUT2D eigenvalue weighted by Gasteiger charge is 2.13. The molecule has 0 saturated carbocycles. The first kappa shape index (κ1) is 8.44. The van der Waals surface area contributed by atoms with Crippen LogP contribution in [0.2, 0.25) is 0 Å². The van der Waals surface area contributed by atoms with Crippen molar-refractivity contribution in [3.8, 4) is 0 Å². The molecule has 0 aromatic carbocycles. The van der Waals surface area contributed by atoms with E-state index < -0.39 is 0 Å². The largest absolute Gasteiger partial charge is 0.381 e. The molecule has 2 rings (SSSR count). The standard InChI is InChI=1S/C9H12N3O/c1-4-10-9(11-5-1)12-8-2-6-13-7-3-8/h1,4,8H,2-3,6-7H2,(H,10,11,12). The summed E-state index contributed by atoms with van der Waals surface area (Å²) >= 11 is 0. The van der Waals surface area contributed by atoms with E-state index in [0.717, 1.165) is 26.1 Å². The van der Waals surface area contributed by atoms with Crippen molar-refractivity contribution in [3.63, 3.8) is 0 Å². The molecule has 1 aliphatic heterocycles. The van der Waals surface area contributed by atoms with Gasteiger partial charge in [-0.2, -0.15) is 0 Å². The smallest absolute Gasteiger partial charge is 0.223 e. The summed E-state index contributed by atoms with van der Waals surface area (Å²) < 4.78 is 5.25. The first-order chi connectivity index (χ1) is 6.45. The van der Waals surface area contributed by atoms with Crippen molar-refractivity contribution in [2.75, 3.05) is 18.5 Å². The summed E-state index contributed by atoms with van der Waals surface area (Å²) in [6.07, 6.45) is 6.49. The molecule has 0 amide bonds. The van der Waals surface area contributed by atoms with Gasteiger partial charge in [-0.3, -0.25) is 0 Å². The minimum absolute atomic E-state index is 0.449. The number of hydrogen-bond donors (Lipinski definition) is 1. The average molecular weight is 178 g/mol. The third-order valence-corrected chi connectivity index (χ3v) is 2.07. The van der Waals surface area contributed by atoms with Gasteiger partial charge in [0.25, 0.3) is 0 Å². The van der Waals surface area contributed by atoms with Gasteiger partial charge in [0.15, 0.2) is 0 Å². The van der Waals surface area contributed by atoms with Crippen molar-refractivity contribution in [3.05, 3.63) is 18.5 Å². The maximum Gasteiger partial charge on any atom is 0.223 e. The fourth-order valence-corrected chi connectivity index (χ4v) is 1.36. The van der Waals surface area contributed by atoms with Crippen molar-refractivity contribution in [2.45, 2.75) is 18.9 Å². The van der Waals surface area contributed by atoms with E-state index in [2.05, 4.69) is 21.5 Å². The van der Waals surface area contributed by atoms with Gasteiger partial charge < -0.3 is 10.1 Å². The normalized spacial score (nSPS) is 18.5. The zero-order valence-electron chi connectivity index (χ0n) is 7.36. The molecule has 0 aliphatic carbocycles. The second-order valence-corrected chi connectivity index (χ2v) is 3.04. The van der Waals surface area contributed by atoms with Crippen LogP contribution in [0.1, 0.15) is 12.8 Å². The minimum Gasteiger partial charge on any atom is -0.381 e. The van der Waals surface area contributed by atoms with Gasteiger partial charge >= 0.3 is 0 Å². The van der Waals surface area contributed by atoms with Gasteiger partial charge in [-0.1, -0.05) is 0 Å². The van der Waals surface area contributed by atoms with E-state index >= 15 is 0 Å². The molecular formula is C9H12N3O. The summed E-state index contributed by atoms with van der Waals surface area (Å²) in [7, 11) is 0. The van der Waals surface area contributed by atoms with Gasteiger partial charge in [0.05, 0.1) is 6.20 Å². The molecule has 1 saturated heterocycles. The average Bonchev–Trinajstić information content (AvgIpc) is 2.21. The molecule has 4 nitrogen and oxygen atoms in total. The molecule has 1 fully saturated rings. The van der Waals surface area contributed by atoms with Gasteiger partial charge in [-0.15, -0.1) is 0 Å². The Bertz CT molecular complexity index is 246. The van der Waals surface area contributed by atoms with Crippen LogP contribution in [0.15, 0.2) is 12.3 Å². The molecule has 1 aliphatic rings. The van der Waals surface area contributed by atoms with Crippen LogP contribution in [0.4, 0.5) is 5.95 Å². The van der Waals surface area contributed by atoms with Crippen molar-refractivity contribution < 1.29 is 4.74 Å². The van der Waals surface area contributed by atoms with Gasteiger partial charge in [0.2, 0.25) is 5.95 Å². The molecule has 13 heavy (non-hydrogen) atoms. The van der Waals surface area contributed by atoms with Gasteiger partial charge in [0.1, 0.15) is 0 Å². The number of rotatable bonds is 2. The molecule has 0 bridgehead atoms. The second kappa shape index (κ2) is 4.18. The summed E-state index contributed by atoms with van der Waals surface area (Å²) in [4.78, 5) is 8.06. The van der Waals surface area contributed by atoms with Crippen molar-refractivity contribution in [1.29, 1.82) is 0 Å². The topological polar surface area (TPSA) is 47.0 Å². The van der Waals surface area contributed by atoms with Crippen molar-refractivity contribution in [1.82, 2.24) is 9.97 Å². The molecule has 69 valence electrons. The zero-order chi connectivity index (χ0) is 8.93. The molecule has 2 heterocycles. The SMILES string of the molecule is [c]1ccnc(NC2CCOCC2)n1. The number of hydrogen-bond acceptors (Lipinski definition) is 4. The van der Waals surface area contributed by atoms with E-state index in [9.17, 15) is 0 Å². The van der Waals surface area contributed by atoms with E-state index in [1.807, 2.05) is 0 Å². The van der Waals surface area contributed by atoms with Crippen LogP contribution in [0.3, 0.4) is 0 Å². The first-order valence-corrected chi connectivity index (χ1v) is 4.48. The molecule has 0 atom stereocenters. The zero-order valence-corrected chi connectivity index (χ0v) is 7.36. The molecule has 0 spiro atoms. The lowest BCUT2D eigenvalue weighted by molar-refractivity contribution is 0.0903. The Morgan fingerprint density at radius 3 is 3.00 bits per heavy atom. The van der Waals surface area contributed by atoms with E-state index in [1.165, 1.54) is 0 Å². The lowest BCUT2D eigenvalue weighted by Gasteiger charge is -2.22. The second-order valence-electron chi connectivity index (χ2n) is 3.04. The van der Waals surface area contributed by atoms with Crippen LogP contribution in [-0.4, -0.2) is 29.2 Å². The van der Waals surface area contributed by atoms with Crippen LogP contribution in [0.25, 0.3) is 0 Å². The molecule has 0 unspecified atom stereocenters. The summed E-state index contributed by atoms with van der Waals surface area (Å²) in [6, 6.07) is 2.14. The van der Waals surface area contributed by atoms with Crippen LogP contribution in [-0.2, 0) is 4.74 Å². The van der Waals surface area contributed by atoms with E-state index in [0.29, 0.717) is 12.0 Å². The predicted molar refractivity (Wildman–Crippen MR) is 48.3 cm³/mol. The van der Waals surface area contributed by atoms with Crippen LogP contribution in [0, 0.1) is 6.20 Å². The summed E-state index contributed by atoms with van der Waals surface area (Å²) in [5.41, 5.74) is 0. The number of anilines is 1. The van der Waals surface area contributed by atoms with Crippen molar-refractivity contribution in [2.24, 2.45) is 0 Å². The quantitative estimate of drug-likeness (QED) is 0.730. The highest BCUT2D eigenvalue weighted by atomic mass is 16.5. The van der Waals surface area contributed by atoms with Crippen molar-refractivity contribution >= 4 is 5.95 Å². The highest BCUT2D eigenvalue weighted by molar-refractivity contribution is 5.23. The van der Waals surface area contributed by atoms with E-state index in [4.69, 9.17) is 4.74 Å². The predicted octanol–water partition coefficient (Wildman–Crippen LogP) is 0.868. The van der Waals surface area contributed by atoms with Crippen LogP contribution in [0.5, 0.6) is 0 Å². The fraction of sp³-hybridized carbons (Fsp3) is 0.556. The first-order valence-electron chi connectivity index (χ1n) is 4.48.